The number of amides is 2. The lowest BCUT2D eigenvalue weighted by Crippen LogP contribution is -2.53. The molecule has 0 radical (unpaired) electrons. The molecule has 8 rings (SSSR count). The third-order valence-corrected chi connectivity index (χ3v) is 10.8. The second kappa shape index (κ2) is 11.1. The maximum atomic E-state index is 15.0. The van der Waals surface area contributed by atoms with E-state index in [-0.39, 0.29) is 34.0 Å². The largest absolute Gasteiger partial charge is 0.450 e. The molecule has 4 heterocycles. The number of aromatic nitrogens is 2. The average molecular weight is 684 g/mol. The fourth-order valence-corrected chi connectivity index (χ4v) is 8.61. The van der Waals surface area contributed by atoms with Crippen molar-refractivity contribution >= 4 is 79.9 Å². The summed E-state index contributed by atoms with van der Waals surface area (Å²) < 4.78 is 6.70. The fourth-order valence-electron chi connectivity index (χ4n) is 6.16. The van der Waals surface area contributed by atoms with E-state index in [1.807, 2.05) is 48.5 Å². The molecule has 8 nitrogen and oxygen atoms in total. The van der Waals surface area contributed by atoms with E-state index in [0.29, 0.717) is 31.4 Å². The number of thioether (sulfide) groups is 1. The number of carbonyl (C=O) groups is 2. The molecule has 1 spiro atoms. The Morgan fingerprint density at radius 2 is 1.63 bits per heavy atom. The van der Waals surface area contributed by atoms with Crippen molar-refractivity contribution in [2.75, 3.05) is 9.80 Å². The summed E-state index contributed by atoms with van der Waals surface area (Å²) in [5, 5.41) is 10.2. The van der Waals surface area contributed by atoms with Crippen LogP contribution in [-0.2, 0) is 22.6 Å². The number of halogens is 2. The molecule has 0 saturated carbocycles. The summed E-state index contributed by atoms with van der Waals surface area (Å²) in [6, 6.07) is 28.8. The zero-order valence-electron chi connectivity index (χ0n) is 23.6. The van der Waals surface area contributed by atoms with E-state index in [1.165, 1.54) is 16.7 Å². The van der Waals surface area contributed by atoms with Crippen LogP contribution in [0.4, 0.5) is 10.8 Å². The Bertz CT molecular complexity index is 2280. The third kappa shape index (κ3) is 4.32. The summed E-state index contributed by atoms with van der Waals surface area (Å²) in [4.78, 5) is 46.8. The van der Waals surface area contributed by atoms with Crippen molar-refractivity contribution in [3.8, 4) is 0 Å². The standard InChI is InChI=1S/C34H20Cl2N4O4S2/c35-21-15-14-20(24(36)16-21)18-45-33-38-37-32(46-33)40-30(42)29-27(28(41)22-10-4-7-13-26(22)44-29)34(40)23-11-5-6-12-25(23)39(31(34)43)17-19-8-2-1-3-9-19/h1-16H,17-18H2. The van der Waals surface area contributed by atoms with Crippen LogP contribution in [-0.4, -0.2) is 22.0 Å². The van der Waals surface area contributed by atoms with Crippen LogP contribution in [0.1, 0.15) is 32.8 Å². The van der Waals surface area contributed by atoms with Crippen LogP contribution >= 0.6 is 46.3 Å². The van der Waals surface area contributed by atoms with Gasteiger partial charge in [-0.2, -0.15) is 0 Å². The second-order valence-corrected chi connectivity index (χ2v) is 13.8. The Labute approximate surface area is 280 Å². The molecule has 6 aromatic rings. The van der Waals surface area contributed by atoms with Crippen molar-refractivity contribution in [2.45, 2.75) is 22.2 Å². The molecule has 0 aliphatic carbocycles. The van der Waals surface area contributed by atoms with Gasteiger partial charge in [0.2, 0.25) is 10.9 Å². The number of anilines is 2. The summed E-state index contributed by atoms with van der Waals surface area (Å²) in [6.07, 6.45) is 0. The third-order valence-electron chi connectivity index (χ3n) is 8.17. The number of carbonyl (C=O) groups excluding carboxylic acids is 2. The van der Waals surface area contributed by atoms with Crippen molar-refractivity contribution in [1.82, 2.24) is 10.2 Å². The maximum absolute atomic E-state index is 15.0. The molecule has 0 fully saturated rings. The van der Waals surface area contributed by atoms with Crippen LogP contribution in [0.25, 0.3) is 11.0 Å². The smallest absolute Gasteiger partial charge is 0.297 e. The van der Waals surface area contributed by atoms with Crippen molar-refractivity contribution in [1.29, 1.82) is 0 Å². The summed E-state index contributed by atoms with van der Waals surface area (Å²) >= 11 is 15.0. The summed E-state index contributed by atoms with van der Waals surface area (Å²) in [6.45, 7) is 0.230. The topological polar surface area (TPSA) is 96.6 Å². The molecular formula is C34H20Cl2N4O4S2. The van der Waals surface area contributed by atoms with Gasteiger partial charge in [-0.3, -0.25) is 19.3 Å². The van der Waals surface area contributed by atoms with E-state index in [1.54, 1.807) is 53.4 Å². The normalized spacial score (nSPS) is 16.9. The minimum atomic E-state index is -1.86. The highest BCUT2D eigenvalue weighted by molar-refractivity contribution is 8.00. The van der Waals surface area contributed by atoms with Gasteiger partial charge in [0, 0.05) is 21.4 Å². The Morgan fingerprint density at radius 3 is 2.46 bits per heavy atom. The minimum Gasteiger partial charge on any atom is -0.450 e. The van der Waals surface area contributed by atoms with Crippen LogP contribution in [0.5, 0.6) is 0 Å². The summed E-state index contributed by atoms with van der Waals surface area (Å²) in [5.74, 6) is -0.812. The molecule has 2 aliphatic heterocycles. The average Bonchev–Trinajstić information content (AvgIpc) is 3.70. The van der Waals surface area contributed by atoms with E-state index < -0.39 is 22.8 Å². The Hall–Kier alpha value is -4.48. The molecule has 12 heteroatoms. The molecule has 2 aromatic heterocycles. The van der Waals surface area contributed by atoms with Crippen molar-refractivity contribution in [3.05, 3.63) is 145 Å². The maximum Gasteiger partial charge on any atom is 0.297 e. The van der Waals surface area contributed by atoms with Crippen LogP contribution < -0.4 is 15.2 Å². The number of nitrogens with zero attached hydrogens (tertiary/aromatic N) is 4. The molecule has 1 atom stereocenters. The van der Waals surface area contributed by atoms with Gasteiger partial charge >= 0.3 is 0 Å². The van der Waals surface area contributed by atoms with E-state index in [0.717, 1.165) is 22.5 Å². The highest BCUT2D eigenvalue weighted by Crippen LogP contribution is 2.55. The van der Waals surface area contributed by atoms with Crippen molar-refractivity contribution in [2.24, 2.45) is 0 Å². The van der Waals surface area contributed by atoms with Gasteiger partial charge in [0.15, 0.2) is 15.3 Å². The number of hydrogen-bond donors (Lipinski definition) is 0. The second-order valence-electron chi connectivity index (χ2n) is 10.8. The molecule has 226 valence electrons. The van der Waals surface area contributed by atoms with Gasteiger partial charge in [-0.05, 0) is 41.5 Å². The van der Waals surface area contributed by atoms with Crippen LogP contribution in [0.2, 0.25) is 10.0 Å². The number of hydrogen-bond acceptors (Lipinski definition) is 8. The van der Waals surface area contributed by atoms with Gasteiger partial charge in [-0.15, -0.1) is 10.2 Å². The van der Waals surface area contributed by atoms with Gasteiger partial charge in [0.25, 0.3) is 11.8 Å². The zero-order chi connectivity index (χ0) is 31.6. The molecule has 46 heavy (non-hydrogen) atoms. The number of benzene rings is 4. The highest BCUT2D eigenvalue weighted by Gasteiger charge is 2.66. The predicted molar refractivity (Wildman–Crippen MR) is 180 cm³/mol. The summed E-state index contributed by atoms with van der Waals surface area (Å²) in [5.41, 5.74) is 0.740. The van der Waals surface area contributed by atoms with Gasteiger partial charge in [-0.25, -0.2) is 0 Å². The first-order valence-electron chi connectivity index (χ1n) is 14.1. The molecule has 0 saturated heterocycles. The molecule has 1 unspecified atom stereocenters. The zero-order valence-corrected chi connectivity index (χ0v) is 26.8. The fraction of sp³-hybridized carbons (Fsp3) is 0.0882. The first kappa shape index (κ1) is 29.0. The van der Waals surface area contributed by atoms with E-state index in [9.17, 15) is 9.59 Å². The lowest BCUT2D eigenvalue weighted by atomic mass is 9.84. The monoisotopic (exact) mass is 682 g/mol. The lowest BCUT2D eigenvalue weighted by molar-refractivity contribution is -0.121. The molecule has 0 bridgehead atoms. The van der Waals surface area contributed by atoms with Crippen LogP contribution in [0, 0.1) is 0 Å². The Kier molecular flexibility index (Phi) is 6.99. The number of para-hydroxylation sites is 2. The van der Waals surface area contributed by atoms with E-state index in [2.05, 4.69) is 10.2 Å². The van der Waals surface area contributed by atoms with Gasteiger partial charge in [-0.1, -0.05) is 113 Å². The number of rotatable bonds is 6. The highest BCUT2D eigenvalue weighted by atomic mass is 35.5. The van der Waals surface area contributed by atoms with Gasteiger partial charge in [0.1, 0.15) is 5.58 Å². The van der Waals surface area contributed by atoms with Crippen LogP contribution in [0.3, 0.4) is 0 Å². The quantitative estimate of drug-likeness (QED) is 0.131. The van der Waals surface area contributed by atoms with Crippen LogP contribution in [0.15, 0.2) is 111 Å². The van der Waals surface area contributed by atoms with Crippen molar-refractivity contribution < 1.29 is 14.0 Å². The molecule has 2 amide bonds. The molecule has 4 aromatic carbocycles. The Morgan fingerprint density at radius 1 is 0.870 bits per heavy atom. The number of fused-ring (bicyclic) bond motifs is 5. The SMILES string of the molecule is O=C1c2oc3ccccc3c(=O)c2C2(C(=O)N(Cc3ccccc3)c3ccccc32)N1c1nnc(SCc2ccc(Cl)cc2Cl)s1. The first-order chi connectivity index (χ1) is 22.4. The van der Waals surface area contributed by atoms with E-state index in [4.69, 9.17) is 27.6 Å². The molecular weight excluding hydrogens is 663 g/mol. The molecule has 0 N–H and O–H groups in total. The van der Waals surface area contributed by atoms with Gasteiger partial charge in [0.05, 0.1) is 23.2 Å². The first-order valence-corrected chi connectivity index (χ1v) is 16.7. The lowest BCUT2D eigenvalue weighted by Gasteiger charge is -2.32. The Balaban J connectivity index is 1.30. The molecule has 2 aliphatic rings. The minimum absolute atomic E-state index is 0.0263. The van der Waals surface area contributed by atoms with Gasteiger partial charge < -0.3 is 9.32 Å². The van der Waals surface area contributed by atoms with E-state index >= 15 is 4.79 Å². The predicted octanol–water partition coefficient (Wildman–Crippen LogP) is 7.69. The summed E-state index contributed by atoms with van der Waals surface area (Å²) in [7, 11) is 0. The van der Waals surface area contributed by atoms with Crippen molar-refractivity contribution in [3.63, 3.8) is 0 Å².